The van der Waals surface area contributed by atoms with Crippen LogP contribution in [-0.2, 0) is 22.9 Å². The molecule has 0 radical (unpaired) electrons. The molecule has 2 aromatic carbocycles. The fourth-order valence-electron chi connectivity index (χ4n) is 4.13. The van der Waals surface area contributed by atoms with Crippen molar-refractivity contribution in [3.8, 4) is 0 Å². The minimum absolute atomic E-state index is 0.236. The molecular formula is C23H26BrNO3S. The monoisotopic (exact) mass is 475 g/mol. The highest BCUT2D eigenvalue weighted by Crippen LogP contribution is 2.43. The predicted octanol–water partition coefficient (Wildman–Crippen LogP) is 6.54. The van der Waals surface area contributed by atoms with Crippen LogP contribution in [0, 0.1) is 11.3 Å². The molecule has 0 unspecified atom stereocenters. The summed E-state index contributed by atoms with van der Waals surface area (Å²) in [4.78, 5) is 0.236. The van der Waals surface area contributed by atoms with Crippen LogP contribution < -0.4 is 4.72 Å². The van der Waals surface area contributed by atoms with Crippen LogP contribution in [0.4, 0.5) is 5.69 Å². The predicted molar refractivity (Wildman–Crippen MR) is 121 cm³/mol. The van der Waals surface area contributed by atoms with Gasteiger partial charge in [-0.05, 0) is 66.6 Å². The molecule has 0 spiro atoms. The third kappa shape index (κ3) is 3.97. The van der Waals surface area contributed by atoms with Gasteiger partial charge in [0.05, 0.1) is 4.90 Å². The number of benzene rings is 2. The Hall–Kier alpha value is -1.79. The van der Waals surface area contributed by atoms with E-state index in [1.807, 2.05) is 12.1 Å². The van der Waals surface area contributed by atoms with Gasteiger partial charge in [0, 0.05) is 27.5 Å². The molecule has 0 saturated carbocycles. The van der Waals surface area contributed by atoms with Crippen LogP contribution in [0.3, 0.4) is 0 Å². The first kappa shape index (κ1) is 20.5. The molecule has 1 aliphatic carbocycles. The highest BCUT2D eigenvalue weighted by Gasteiger charge is 2.33. The number of hydrogen-bond donors (Lipinski definition) is 1. The van der Waals surface area contributed by atoms with Gasteiger partial charge in [-0.2, -0.15) is 0 Å². The molecule has 3 aromatic rings. The number of aryl methyl sites for hydroxylation is 1. The highest BCUT2D eigenvalue weighted by atomic mass is 79.9. The lowest BCUT2D eigenvalue weighted by Crippen LogP contribution is -2.28. The van der Waals surface area contributed by atoms with Gasteiger partial charge in [-0.1, -0.05) is 43.1 Å². The van der Waals surface area contributed by atoms with E-state index in [1.165, 1.54) is 5.56 Å². The SMILES string of the molecule is CCC(C)(C)[C@@H]1CCc2oc3ccc(NS(=O)(=O)c4ccc(Br)cc4)cc3c2C1. The Balaban J connectivity index is 1.67. The third-order valence-electron chi connectivity index (χ3n) is 6.44. The normalized spacial score (nSPS) is 17.3. The van der Waals surface area contributed by atoms with Gasteiger partial charge < -0.3 is 4.42 Å². The Bertz CT molecular complexity index is 1150. The molecule has 0 amide bonds. The summed E-state index contributed by atoms with van der Waals surface area (Å²) in [5.41, 5.74) is 2.90. The molecule has 154 valence electrons. The van der Waals surface area contributed by atoms with Gasteiger partial charge in [-0.15, -0.1) is 0 Å². The summed E-state index contributed by atoms with van der Waals surface area (Å²) in [5, 5.41) is 1.02. The summed E-state index contributed by atoms with van der Waals surface area (Å²) < 4.78 is 35.1. The molecule has 1 N–H and O–H groups in total. The number of anilines is 1. The fraction of sp³-hybridized carbons (Fsp3) is 0.391. The number of rotatable bonds is 5. The molecule has 1 aromatic heterocycles. The average molecular weight is 476 g/mol. The van der Waals surface area contributed by atoms with Crippen molar-refractivity contribution in [2.24, 2.45) is 11.3 Å². The zero-order chi connectivity index (χ0) is 20.8. The molecule has 1 atom stereocenters. The van der Waals surface area contributed by atoms with E-state index in [1.54, 1.807) is 30.3 Å². The molecule has 4 rings (SSSR count). The minimum Gasteiger partial charge on any atom is -0.461 e. The number of hydrogen-bond acceptors (Lipinski definition) is 3. The Labute approximate surface area is 180 Å². The van der Waals surface area contributed by atoms with Crippen LogP contribution in [0.1, 0.15) is 44.9 Å². The first-order valence-electron chi connectivity index (χ1n) is 10.0. The van der Waals surface area contributed by atoms with E-state index in [0.717, 1.165) is 46.9 Å². The quantitative estimate of drug-likeness (QED) is 0.455. The summed E-state index contributed by atoms with van der Waals surface area (Å²) in [5.74, 6) is 1.65. The van der Waals surface area contributed by atoms with E-state index < -0.39 is 10.0 Å². The van der Waals surface area contributed by atoms with Crippen LogP contribution in [0.15, 0.2) is 56.2 Å². The van der Waals surface area contributed by atoms with Gasteiger partial charge in [0.15, 0.2) is 0 Å². The lowest BCUT2D eigenvalue weighted by atomic mass is 9.69. The minimum atomic E-state index is -3.64. The lowest BCUT2D eigenvalue weighted by molar-refractivity contribution is 0.179. The van der Waals surface area contributed by atoms with Crippen LogP contribution in [0.2, 0.25) is 0 Å². The Morgan fingerprint density at radius 3 is 2.59 bits per heavy atom. The molecule has 0 saturated heterocycles. The number of fused-ring (bicyclic) bond motifs is 3. The summed E-state index contributed by atoms with van der Waals surface area (Å²) in [7, 11) is -3.64. The first-order chi connectivity index (χ1) is 13.7. The maximum Gasteiger partial charge on any atom is 0.261 e. The standard InChI is InChI=1S/C23H26BrNO3S/c1-4-23(2,3)15-5-11-21-19(13-15)20-14-17(8-12-22(20)28-21)25-29(26,27)18-9-6-16(24)7-10-18/h6-10,12,14-15,25H,4-5,11,13H2,1-3H3/t15-/m1/s1. The van der Waals surface area contributed by atoms with Crippen molar-refractivity contribution >= 4 is 42.6 Å². The number of sulfonamides is 1. The van der Waals surface area contributed by atoms with E-state index >= 15 is 0 Å². The molecule has 0 fully saturated rings. The van der Waals surface area contributed by atoms with Gasteiger partial charge in [0.1, 0.15) is 11.3 Å². The fourth-order valence-corrected chi connectivity index (χ4v) is 5.44. The summed E-state index contributed by atoms with van der Waals surface area (Å²) in [6.45, 7) is 6.92. The van der Waals surface area contributed by atoms with Crippen molar-refractivity contribution in [2.45, 2.75) is 51.3 Å². The van der Waals surface area contributed by atoms with Crippen LogP contribution in [0.5, 0.6) is 0 Å². The van der Waals surface area contributed by atoms with Crippen molar-refractivity contribution in [3.05, 3.63) is 58.3 Å². The smallest absolute Gasteiger partial charge is 0.261 e. The summed E-state index contributed by atoms with van der Waals surface area (Å²) in [6, 6.07) is 12.2. The van der Waals surface area contributed by atoms with E-state index in [-0.39, 0.29) is 10.3 Å². The number of furan rings is 1. The van der Waals surface area contributed by atoms with Gasteiger partial charge in [-0.3, -0.25) is 4.72 Å². The van der Waals surface area contributed by atoms with Gasteiger partial charge in [-0.25, -0.2) is 8.42 Å². The van der Waals surface area contributed by atoms with Crippen molar-refractivity contribution < 1.29 is 12.8 Å². The second-order valence-corrected chi connectivity index (χ2v) is 11.2. The summed E-state index contributed by atoms with van der Waals surface area (Å²) >= 11 is 3.33. The molecule has 0 bridgehead atoms. The number of nitrogens with one attached hydrogen (secondary N) is 1. The van der Waals surface area contributed by atoms with Crippen LogP contribution in [-0.4, -0.2) is 8.42 Å². The van der Waals surface area contributed by atoms with Gasteiger partial charge >= 0.3 is 0 Å². The van der Waals surface area contributed by atoms with E-state index in [2.05, 4.69) is 41.4 Å². The molecule has 4 nitrogen and oxygen atoms in total. The van der Waals surface area contributed by atoms with Gasteiger partial charge in [0.25, 0.3) is 10.0 Å². The Morgan fingerprint density at radius 2 is 1.90 bits per heavy atom. The van der Waals surface area contributed by atoms with E-state index in [0.29, 0.717) is 11.6 Å². The lowest BCUT2D eigenvalue weighted by Gasteiger charge is -2.36. The molecule has 6 heteroatoms. The van der Waals surface area contributed by atoms with E-state index in [4.69, 9.17) is 4.42 Å². The molecule has 1 heterocycles. The van der Waals surface area contributed by atoms with Crippen molar-refractivity contribution in [1.82, 2.24) is 0 Å². The van der Waals surface area contributed by atoms with Crippen LogP contribution in [0.25, 0.3) is 11.0 Å². The zero-order valence-corrected chi connectivity index (χ0v) is 19.4. The van der Waals surface area contributed by atoms with Crippen molar-refractivity contribution in [3.63, 3.8) is 0 Å². The highest BCUT2D eigenvalue weighted by molar-refractivity contribution is 9.10. The molecule has 29 heavy (non-hydrogen) atoms. The maximum absolute atomic E-state index is 12.7. The van der Waals surface area contributed by atoms with Crippen molar-refractivity contribution in [1.29, 1.82) is 0 Å². The number of halogens is 1. The average Bonchev–Trinajstić information content (AvgIpc) is 3.05. The zero-order valence-electron chi connectivity index (χ0n) is 17.0. The largest absolute Gasteiger partial charge is 0.461 e. The second-order valence-electron chi connectivity index (χ2n) is 8.56. The van der Waals surface area contributed by atoms with Crippen molar-refractivity contribution in [2.75, 3.05) is 4.72 Å². The third-order valence-corrected chi connectivity index (χ3v) is 8.36. The van der Waals surface area contributed by atoms with Crippen LogP contribution >= 0.6 is 15.9 Å². The topological polar surface area (TPSA) is 59.3 Å². The maximum atomic E-state index is 12.7. The molecule has 1 aliphatic rings. The Kier molecular flexibility index (Phi) is 5.28. The van der Waals surface area contributed by atoms with E-state index in [9.17, 15) is 8.42 Å². The Morgan fingerprint density at radius 1 is 1.17 bits per heavy atom. The molecular weight excluding hydrogens is 450 g/mol. The summed E-state index contributed by atoms with van der Waals surface area (Å²) in [6.07, 6.45) is 4.20. The first-order valence-corrected chi connectivity index (χ1v) is 12.3. The van der Waals surface area contributed by atoms with Gasteiger partial charge in [0.2, 0.25) is 0 Å². The second kappa shape index (κ2) is 7.47. The molecule has 0 aliphatic heterocycles.